The molecule has 0 atom stereocenters. The molecule has 0 amide bonds. The summed E-state index contributed by atoms with van der Waals surface area (Å²) in [6.07, 6.45) is 2.14. The molecule has 0 aliphatic heterocycles. The first-order chi connectivity index (χ1) is 9.36. The number of aryl methyl sites for hydroxylation is 2. The Morgan fingerprint density at radius 1 is 1.05 bits per heavy atom. The largest absolute Gasteiger partial charge is 0.294 e. The molecule has 0 spiro atoms. The summed E-state index contributed by atoms with van der Waals surface area (Å²) in [5.74, 6) is 0. The Kier molecular flexibility index (Phi) is 2.98. The van der Waals surface area contributed by atoms with E-state index in [1.54, 1.807) is 11.3 Å². The molecule has 1 aromatic carbocycles. The van der Waals surface area contributed by atoms with Crippen molar-refractivity contribution in [1.29, 1.82) is 0 Å². The molecule has 0 saturated carbocycles. The van der Waals surface area contributed by atoms with E-state index in [-0.39, 0.29) is 5.41 Å². The van der Waals surface area contributed by atoms with Crippen LogP contribution in [0.5, 0.6) is 0 Å². The summed E-state index contributed by atoms with van der Waals surface area (Å²) < 4.78 is 2.19. The van der Waals surface area contributed by atoms with E-state index in [2.05, 4.69) is 69.5 Å². The van der Waals surface area contributed by atoms with Gasteiger partial charge >= 0.3 is 0 Å². The number of hydrogen-bond donors (Lipinski definition) is 0. The van der Waals surface area contributed by atoms with Crippen LogP contribution < -0.4 is 0 Å². The fourth-order valence-electron chi connectivity index (χ4n) is 2.34. The summed E-state index contributed by atoms with van der Waals surface area (Å²) in [4.78, 5) is 7.15. The van der Waals surface area contributed by atoms with E-state index in [1.165, 1.54) is 21.7 Å². The van der Waals surface area contributed by atoms with Crippen LogP contribution in [0.25, 0.3) is 16.2 Å². The van der Waals surface area contributed by atoms with Gasteiger partial charge in [-0.3, -0.25) is 4.40 Å². The van der Waals surface area contributed by atoms with Crippen LogP contribution in [0.1, 0.15) is 36.9 Å². The first-order valence-electron chi connectivity index (χ1n) is 6.92. The van der Waals surface area contributed by atoms with Crippen molar-refractivity contribution in [3.63, 3.8) is 0 Å². The Hall–Kier alpha value is -1.61. The van der Waals surface area contributed by atoms with Crippen LogP contribution in [0.4, 0.5) is 0 Å². The zero-order valence-electron chi connectivity index (χ0n) is 12.7. The standard InChI is InChI=1S/C17H20N2S/c1-11-12(2)20-16-18-15(10-19(11)16)13-6-8-14(9-7-13)17(3,4)5/h6-10H,1-5H3. The van der Waals surface area contributed by atoms with E-state index in [4.69, 9.17) is 4.98 Å². The van der Waals surface area contributed by atoms with E-state index < -0.39 is 0 Å². The zero-order chi connectivity index (χ0) is 14.5. The van der Waals surface area contributed by atoms with Gasteiger partial charge in [0.2, 0.25) is 0 Å². The molecule has 2 aromatic heterocycles. The topological polar surface area (TPSA) is 17.3 Å². The van der Waals surface area contributed by atoms with Crippen LogP contribution in [0, 0.1) is 13.8 Å². The molecule has 2 heterocycles. The van der Waals surface area contributed by atoms with Gasteiger partial charge in [-0.2, -0.15) is 0 Å². The SMILES string of the molecule is Cc1sc2nc(-c3ccc(C(C)(C)C)cc3)cn2c1C. The first kappa shape index (κ1) is 13.4. The van der Waals surface area contributed by atoms with Gasteiger partial charge in [0.05, 0.1) is 5.69 Å². The molecule has 0 unspecified atom stereocenters. The Balaban J connectivity index is 2.02. The summed E-state index contributed by atoms with van der Waals surface area (Å²) >= 11 is 1.75. The number of hydrogen-bond acceptors (Lipinski definition) is 2. The van der Waals surface area contributed by atoms with Crippen molar-refractivity contribution in [2.45, 2.75) is 40.0 Å². The van der Waals surface area contributed by atoms with Gasteiger partial charge in [0.25, 0.3) is 0 Å². The first-order valence-corrected chi connectivity index (χ1v) is 7.74. The minimum atomic E-state index is 0.195. The number of imidazole rings is 1. The van der Waals surface area contributed by atoms with E-state index in [1.807, 2.05) is 0 Å². The maximum Gasteiger partial charge on any atom is 0.194 e. The summed E-state index contributed by atoms with van der Waals surface area (Å²) in [6.45, 7) is 11.0. The van der Waals surface area contributed by atoms with Crippen molar-refractivity contribution >= 4 is 16.3 Å². The second-order valence-electron chi connectivity index (χ2n) is 6.35. The lowest BCUT2D eigenvalue weighted by molar-refractivity contribution is 0.590. The predicted octanol–water partition coefficient (Wildman–Crippen LogP) is 4.98. The highest BCUT2D eigenvalue weighted by atomic mass is 32.1. The fourth-order valence-corrected chi connectivity index (χ4v) is 3.29. The van der Waals surface area contributed by atoms with Crippen molar-refractivity contribution in [1.82, 2.24) is 9.38 Å². The molecule has 2 nitrogen and oxygen atoms in total. The molecule has 3 heteroatoms. The van der Waals surface area contributed by atoms with Gasteiger partial charge < -0.3 is 0 Å². The van der Waals surface area contributed by atoms with E-state index in [0.717, 1.165) is 10.7 Å². The normalized spacial score (nSPS) is 12.2. The molecule has 3 aromatic rings. The van der Waals surface area contributed by atoms with Gasteiger partial charge in [-0.15, -0.1) is 11.3 Å². The van der Waals surface area contributed by atoms with E-state index in [0.29, 0.717) is 0 Å². The number of rotatable bonds is 1. The van der Waals surface area contributed by atoms with Crippen molar-refractivity contribution in [2.24, 2.45) is 0 Å². The fraction of sp³-hybridized carbons (Fsp3) is 0.353. The summed E-state index contributed by atoms with van der Waals surface area (Å²) in [5, 5.41) is 0. The van der Waals surface area contributed by atoms with Crippen molar-refractivity contribution in [2.75, 3.05) is 0 Å². The van der Waals surface area contributed by atoms with Crippen LogP contribution in [-0.2, 0) is 5.41 Å². The molecule has 104 valence electrons. The second kappa shape index (κ2) is 4.45. The van der Waals surface area contributed by atoms with E-state index in [9.17, 15) is 0 Å². The third kappa shape index (κ3) is 2.16. The maximum absolute atomic E-state index is 4.74. The van der Waals surface area contributed by atoms with Crippen molar-refractivity contribution in [3.8, 4) is 11.3 Å². The van der Waals surface area contributed by atoms with Gasteiger partial charge in [-0.1, -0.05) is 45.0 Å². The molecular weight excluding hydrogens is 264 g/mol. The van der Waals surface area contributed by atoms with Crippen LogP contribution in [0.15, 0.2) is 30.5 Å². The molecular formula is C17H20N2S. The maximum atomic E-state index is 4.74. The summed E-state index contributed by atoms with van der Waals surface area (Å²) in [6, 6.07) is 8.77. The van der Waals surface area contributed by atoms with Crippen LogP contribution in [0.3, 0.4) is 0 Å². The average molecular weight is 284 g/mol. The lowest BCUT2D eigenvalue weighted by atomic mass is 9.86. The van der Waals surface area contributed by atoms with Gasteiger partial charge in [0.1, 0.15) is 0 Å². The molecule has 0 N–H and O–H groups in total. The Bertz CT molecular complexity index is 755. The Morgan fingerprint density at radius 3 is 2.25 bits per heavy atom. The van der Waals surface area contributed by atoms with Crippen molar-refractivity contribution < 1.29 is 0 Å². The smallest absolute Gasteiger partial charge is 0.194 e. The molecule has 0 bridgehead atoms. The number of benzene rings is 1. The monoisotopic (exact) mass is 284 g/mol. The number of nitrogens with zero attached hydrogens (tertiary/aromatic N) is 2. The highest BCUT2D eigenvalue weighted by Crippen LogP contribution is 2.28. The third-order valence-corrected chi connectivity index (χ3v) is 4.91. The average Bonchev–Trinajstić information content (AvgIpc) is 2.90. The molecule has 0 saturated heterocycles. The summed E-state index contributed by atoms with van der Waals surface area (Å²) in [5.41, 5.74) is 5.08. The van der Waals surface area contributed by atoms with Crippen molar-refractivity contribution in [3.05, 3.63) is 46.6 Å². The van der Waals surface area contributed by atoms with Gasteiger partial charge in [-0.05, 0) is 24.8 Å². The molecule has 0 radical (unpaired) electrons. The highest BCUT2D eigenvalue weighted by molar-refractivity contribution is 7.17. The molecule has 0 aliphatic rings. The lowest BCUT2D eigenvalue weighted by Crippen LogP contribution is -2.10. The minimum Gasteiger partial charge on any atom is -0.294 e. The van der Waals surface area contributed by atoms with Crippen LogP contribution >= 0.6 is 11.3 Å². The quantitative estimate of drug-likeness (QED) is 0.616. The van der Waals surface area contributed by atoms with Crippen LogP contribution in [-0.4, -0.2) is 9.38 Å². The Morgan fingerprint density at radius 2 is 1.70 bits per heavy atom. The third-order valence-electron chi connectivity index (χ3n) is 3.84. The van der Waals surface area contributed by atoms with E-state index >= 15 is 0 Å². The summed E-state index contributed by atoms with van der Waals surface area (Å²) in [7, 11) is 0. The molecule has 3 rings (SSSR count). The number of aromatic nitrogens is 2. The van der Waals surface area contributed by atoms with Gasteiger partial charge in [-0.25, -0.2) is 4.98 Å². The van der Waals surface area contributed by atoms with Gasteiger partial charge in [0, 0.05) is 22.3 Å². The molecule has 20 heavy (non-hydrogen) atoms. The zero-order valence-corrected chi connectivity index (χ0v) is 13.5. The highest BCUT2D eigenvalue weighted by Gasteiger charge is 2.14. The van der Waals surface area contributed by atoms with Gasteiger partial charge in [0.15, 0.2) is 4.96 Å². The molecule has 0 fully saturated rings. The minimum absolute atomic E-state index is 0.195. The number of thiazole rings is 1. The second-order valence-corrected chi connectivity index (χ2v) is 7.53. The van der Waals surface area contributed by atoms with Crippen LogP contribution in [0.2, 0.25) is 0 Å². The predicted molar refractivity (Wildman–Crippen MR) is 86.7 cm³/mol. The Labute approximate surface area is 124 Å². The number of fused-ring (bicyclic) bond motifs is 1. The molecule has 0 aliphatic carbocycles. The lowest BCUT2D eigenvalue weighted by Gasteiger charge is -2.18.